The molecule has 0 radical (unpaired) electrons. The van der Waals surface area contributed by atoms with E-state index in [1.54, 1.807) is 36.4 Å². The third-order valence-electron chi connectivity index (χ3n) is 3.56. The van der Waals surface area contributed by atoms with Crippen molar-refractivity contribution in [3.63, 3.8) is 0 Å². The Balaban J connectivity index is 1.66. The summed E-state index contributed by atoms with van der Waals surface area (Å²) in [5.41, 5.74) is 0. The van der Waals surface area contributed by atoms with E-state index in [1.165, 1.54) is 0 Å². The zero-order valence-corrected chi connectivity index (χ0v) is 15.2. The van der Waals surface area contributed by atoms with Crippen LogP contribution in [0.25, 0.3) is 0 Å². The van der Waals surface area contributed by atoms with Crippen LogP contribution in [0.2, 0.25) is 10.0 Å². The number of hydrogen-bond acceptors (Lipinski definition) is 3. The van der Waals surface area contributed by atoms with Crippen molar-refractivity contribution in [3.05, 3.63) is 58.6 Å². The maximum atomic E-state index is 11.3. The fourth-order valence-corrected chi connectivity index (χ4v) is 2.49. The first kappa shape index (κ1) is 19.4. The lowest BCUT2D eigenvalue weighted by molar-refractivity contribution is -0.145. The molecule has 0 aromatic heterocycles. The second-order valence-electron chi connectivity index (χ2n) is 5.55. The zero-order valence-electron chi connectivity index (χ0n) is 13.7. The lowest BCUT2D eigenvalue weighted by Gasteiger charge is -2.15. The first-order chi connectivity index (χ1) is 12.0. The van der Waals surface area contributed by atoms with E-state index < -0.39 is 12.1 Å². The topological polar surface area (TPSA) is 55.8 Å². The van der Waals surface area contributed by atoms with Crippen LogP contribution in [0.3, 0.4) is 0 Å². The van der Waals surface area contributed by atoms with Gasteiger partial charge in [-0.25, -0.2) is 4.79 Å². The van der Waals surface area contributed by atoms with Gasteiger partial charge in [0, 0.05) is 10.0 Å². The van der Waals surface area contributed by atoms with Crippen LogP contribution in [0.4, 0.5) is 0 Å². The van der Waals surface area contributed by atoms with E-state index in [-0.39, 0.29) is 0 Å². The highest BCUT2D eigenvalue weighted by molar-refractivity contribution is 6.30. The van der Waals surface area contributed by atoms with Crippen LogP contribution in [0.15, 0.2) is 48.5 Å². The second kappa shape index (κ2) is 10.2. The first-order valence-corrected chi connectivity index (χ1v) is 8.83. The number of hydrogen-bond donors (Lipinski definition) is 1. The largest absolute Gasteiger partial charge is 0.494 e. The molecule has 0 saturated heterocycles. The lowest BCUT2D eigenvalue weighted by Crippen LogP contribution is -2.26. The Morgan fingerprint density at radius 3 is 2.00 bits per heavy atom. The summed E-state index contributed by atoms with van der Waals surface area (Å²) in [5.74, 6) is 0.314. The number of carbonyl (C=O) groups is 1. The maximum absolute atomic E-state index is 11.3. The highest BCUT2D eigenvalue weighted by Gasteiger charge is 2.18. The van der Waals surface area contributed by atoms with E-state index in [2.05, 4.69) is 0 Å². The molecule has 2 rings (SSSR count). The molecule has 0 saturated carbocycles. The van der Waals surface area contributed by atoms with Crippen molar-refractivity contribution in [3.8, 4) is 11.5 Å². The number of carboxylic acids is 1. The minimum absolute atomic E-state index is 0.443. The lowest BCUT2D eigenvalue weighted by atomic mass is 10.1. The molecule has 4 nitrogen and oxygen atoms in total. The highest BCUT2D eigenvalue weighted by atomic mass is 35.5. The van der Waals surface area contributed by atoms with Crippen LogP contribution >= 0.6 is 23.2 Å². The monoisotopic (exact) mass is 382 g/mol. The fraction of sp³-hybridized carbons (Fsp3) is 0.316. The summed E-state index contributed by atoms with van der Waals surface area (Å²) >= 11 is 11.6. The minimum Gasteiger partial charge on any atom is -0.494 e. The summed E-state index contributed by atoms with van der Waals surface area (Å²) in [7, 11) is 0. The number of halogens is 2. The molecule has 0 bridgehead atoms. The molecule has 0 fully saturated rings. The third kappa shape index (κ3) is 7.24. The Morgan fingerprint density at radius 1 is 0.880 bits per heavy atom. The molecule has 0 aliphatic rings. The van der Waals surface area contributed by atoms with Crippen molar-refractivity contribution < 1.29 is 19.4 Å². The standard InChI is InChI=1S/C19H20Cl2O4/c20-14-5-9-16(10-6-14)24-13-3-1-2-4-18(19(22)23)25-17-11-7-15(21)8-12-17/h5-12,18H,1-4,13H2,(H,22,23). The SMILES string of the molecule is O=C(O)C(CCCCCOc1ccc(Cl)cc1)Oc1ccc(Cl)cc1. The number of ether oxygens (including phenoxy) is 2. The van der Waals surface area contributed by atoms with Gasteiger partial charge in [-0.1, -0.05) is 23.2 Å². The van der Waals surface area contributed by atoms with Crippen molar-refractivity contribution >= 4 is 29.2 Å². The zero-order chi connectivity index (χ0) is 18.1. The maximum Gasteiger partial charge on any atom is 0.344 e. The molecule has 0 aliphatic carbocycles. The molecule has 1 N–H and O–H groups in total. The van der Waals surface area contributed by atoms with Crippen LogP contribution < -0.4 is 9.47 Å². The van der Waals surface area contributed by atoms with Crippen molar-refractivity contribution in [1.29, 1.82) is 0 Å². The van der Waals surface area contributed by atoms with Crippen molar-refractivity contribution in [2.45, 2.75) is 31.8 Å². The van der Waals surface area contributed by atoms with Crippen LogP contribution in [-0.2, 0) is 4.79 Å². The molecule has 0 aliphatic heterocycles. The van der Waals surface area contributed by atoms with Crippen LogP contribution in [0.1, 0.15) is 25.7 Å². The molecular weight excluding hydrogens is 363 g/mol. The molecule has 0 amide bonds. The predicted molar refractivity (Wildman–Crippen MR) is 98.9 cm³/mol. The number of unbranched alkanes of at least 4 members (excludes halogenated alkanes) is 2. The van der Waals surface area contributed by atoms with Gasteiger partial charge in [0.2, 0.25) is 0 Å². The average molecular weight is 383 g/mol. The molecule has 1 atom stereocenters. The van der Waals surface area contributed by atoms with E-state index in [4.69, 9.17) is 32.7 Å². The van der Waals surface area contributed by atoms with Gasteiger partial charge < -0.3 is 14.6 Å². The number of carboxylic acid groups (broad SMARTS) is 1. The molecule has 0 heterocycles. The van der Waals surface area contributed by atoms with Crippen LogP contribution in [-0.4, -0.2) is 23.8 Å². The summed E-state index contributed by atoms with van der Waals surface area (Å²) in [5, 5.41) is 10.5. The van der Waals surface area contributed by atoms with E-state index in [0.29, 0.717) is 28.8 Å². The van der Waals surface area contributed by atoms with Crippen molar-refractivity contribution in [1.82, 2.24) is 0 Å². The van der Waals surface area contributed by atoms with Gasteiger partial charge in [0.1, 0.15) is 11.5 Å². The van der Waals surface area contributed by atoms with Gasteiger partial charge in [-0.3, -0.25) is 0 Å². The normalized spacial score (nSPS) is 11.8. The molecular formula is C19H20Cl2O4. The summed E-state index contributed by atoms with van der Waals surface area (Å²) < 4.78 is 11.1. The fourth-order valence-electron chi connectivity index (χ4n) is 2.24. The van der Waals surface area contributed by atoms with E-state index in [9.17, 15) is 9.90 Å². The Hall–Kier alpha value is -1.91. The molecule has 1 unspecified atom stereocenters. The van der Waals surface area contributed by atoms with E-state index >= 15 is 0 Å². The molecule has 6 heteroatoms. The first-order valence-electron chi connectivity index (χ1n) is 8.08. The van der Waals surface area contributed by atoms with Gasteiger partial charge in [-0.2, -0.15) is 0 Å². The average Bonchev–Trinajstić information content (AvgIpc) is 2.60. The number of aliphatic carboxylic acids is 1. The molecule has 2 aromatic rings. The van der Waals surface area contributed by atoms with Gasteiger partial charge in [0.25, 0.3) is 0 Å². The van der Waals surface area contributed by atoms with Gasteiger partial charge in [-0.05, 0) is 74.2 Å². The van der Waals surface area contributed by atoms with Crippen LogP contribution in [0.5, 0.6) is 11.5 Å². The number of rotatable bonds is 10. The van der Waals surface area contributed by atoms with Gasteiger partial charge in [-0.15, -0.1) is 0 Å². The van der Waals surface area contributed by atoms with Gasteiger partial charge >= 0.3 is 5.97 Å². The summed E-state index contributed by atoms with van der Waals surface area (Å²) in [6, 6.07) is 13.9. The van der Waals surface area contributed by atoms with Gasteiger partial charge in [0.15, 0.2) is 6.10 Å². The van der Waals surface area contributed by atoms with Gasteiger partial charge in [0.05, 0.1) is 6.61 Å². The third-order valence-corrected chi connectivity index (χ3v) is 4.06. The molecule has 25 heavy (non-hydrogen) atoms. The Labute approximate surface area is 157 Å². The Bertz CT molecular complexity index is 656. The molecule has 2 aromatic carbocycles. The summed E-state index contributed by atoms with van der Waals surface area (Å²) in [4.78, 5) is 11.3. The summed E-state index contributed by atoms with van der Waals surface area (Å²) in [6.45, 7) is 0.581. The van der Waals surface area contributed by atoms with E-state index in [1.807, 2.05) is 12.1 Å². The predicted octanol–water partition coefficient (Wildman–Crippen LogP) is 5.46. The Morgan fingerprint density at radius 2 is 1.44 bits per heavy atom. The molecule has 134 valence electrons. The Kier molecular flexibility index (Phi) is 7.89. The highest BCUT2D eigenvalue weighted by Crippen LogP contribution is 2.19. The van der Waals surface area contributed by atoms with Crippen molar-refractivity contribution in [2.75, 3.05) is 6.61 Å². The van der Waals surface area contributed by atoms with Crippen LogP contribution in [0, 0.1) is 0 Å². The summed E-state index contributed by atoms with van der Waals surface area (Å²) in [6.07, 6.45) is 2.03. The second-order valence-corrected chi connectivity index (χ2v) is 6.42. The smallest absolute Gasteiger partial charge is 0.344 e. The number of benzene rings is 2. The van der Waals surface area contributed by atoms with E-state index in [0.717, 1.165) is 25.0 Å². The quantitative estimate of drug-likeness (QED) is 0.553. The molecule has 0 spiro atoms. The minimum atomic E-state index is -0.965. The van der Waals surface area contributed by atoms with Crippen molar-refractivity contribution in [2.24, 2.45) is 0 Å².